The van der Waals surface area contributed by atoms with E-state index in [9.17, 15) is 14.4 Å². The second-order valence-corrected chi connectivity index (χ2v) is 7.29. The van der Waals surface area contributed by atoms with E-state index in [1.54, 1.807) is 23.0 Å². The first-order valence-electron chi connectivity index (χ1n) is 12.2. The van der Waals surface area contributed by atoms with Crippen LogP contribution in [0, 0.1) is 0 Å². The molecule has 0 aromatic carbocycles. The van der Waals surface area contributed by atoms with Crippen LogP contribution < -0.4 is 0 Å². The molecule has 0 atom stereocenters. The van der Waals surface area contributed by atoms with Crippen molar-refractivity contribution in [2.75, 3.05) is 26.0 Å². The highest BCUT2D eigenvalue weighted by Crippen LogP contribution is 2.14. The van der Waals surface area contributed by atoms with Gasteiger partial charge < -0.3 is 19.4 Å². The van der Waals surface area contributed by atoms with Gasteiger partial charge >= 0.3 is 0 Å². The number of allylic oxidation sites excluding steroid dienone is 1. The molecule has 0 bridgehead atoms. The summed E-state index contributed by atoms with van der Waals surface area (Å²) < 4.78 is 0. The van der Waals surface area contributed by atoms with Crippen molar-refractivity contribution in [2.24, 2.45) is 0 Å². The van der Waals surface area contributed by atoms with Gasteiger partial charge in [0.05, 0.1) is 6.54 Å². The Hall–Kier alpha value is -1.62. The second-order valence-electron chi connectivity index (χ2n) is 6.76. The van der Waals surface area contributed by atoms with Gasteiger partial charge in [-0.25, -0.2) is 0 Å². The molecule has 0 radical (unpaired) electrons. The molecule has 32 heavy (non-hydrogen) atoms. The van der Waals surface area contributed by atoms with Gasteiger partial charge in [0.1, 0.15) is 18.3 Å². The number of hydrogen-bond acceptors (Lipinski definition) is 4. The standard InChI is InChI=1S/C20H34N2O3.C2H5Cl.2C2H6/c1-5-21(4)19(18(2)3)20(25)22(15-17-24)14-12-10-8-6-7-9-11-13-16-23;1-2-3;2*1-2/h5,16-17H,1,6-15H2,2-4H3;2H2,1H3;2*1-2H3. The number of likely N-dealkylation sites (N-methyl/N-ethyl adjacent to an activating group) is 1. The topological polar surface area (TPSA) is 57.7 Å². The zero-order valence-corrected chi connectivity index (χ0v) is 23.0. The van der Waals surface area contributed by atoms with Crippen LogP contribution in [0.25, 0.3) is 0 Å². The maximum atomic E-state index is 12.7. The molecule has 0 saturated heterocycles. The highest BCUT2D eigenvalue weighted by molar-refractivity contribution is 6.17. The summed E-state index contributed by atoms with van der Waals surface area (Å²) in [5.41, 5.74) is 1.48. The Balaban J connectivity index is -0.000000499. The first kappa shape index (κ1) is 37.7. The van der Waals surface area contributed by atoms with E-state index in [2.05, 4.69) is 6.58 Å². The van der Waals surface area contributed by atoms with E-state index in [0.717, 1.165) is 69.0 Å². The monoisotopic (exact) mass is 474 g/mol. The fourth-order valence-corrected chi connectivity index (χ4v) is 2.74. The molecular weight excluding hydrogens is 424 g/mol. The zero-order chi connectivity index (χ0) is 25.8. The third-order valence-electron chi connectivity index (χ3n) is 4.13. The Morgan fingerprint density at radius 3 is 1.69 bits per heavy atom. The molecule has 5 nitrogen and oxygen atoms in total. The third kappa shape index (κ3) is 23.1. The number of alkyl halides is 1. The van der Waals surface area contributed by atoms with E-state index >= 15 is 0 Å². The van der Waals surface area contributed by atoms with Crippen molar-refractivity contribution >= 4 is 30.1 Å². The summed E-state index contributed by atoms with van der Waals surface area (Å²) in [5, 5.41) is 0. The molecule has 0 N–H and O–H groups in total. The molecule has 0 aromatic heterocycles. The summed E-state index contributed by atoms with van der Waals surface area (Å²) in [5.74, 6) is 0.600. The Kier molecular flexibility index (Phi) is 37.2. The molecule has 6 heteroatoms. The van der Waals surface area contributed by atoms with Crippen molar-refractivity contribution in [2.45, 2.75) is 99.8 Å². The van der Waals surface area contributed by atoms with Crippen molar-refractivity contribution < 1.29 is 14.4 Å². The summed E-state index contributed by atoms with van der Waals surface area (Å²) in [6, 6.07) is 0. The molecule has 0 unspecified atom stereocenters. The van der Waals surface area contributed by atoms with Crippen LogP contribution in [0.4, 0.5) is 0 Å². The van der Waals surface area contributed by atoms with Crippen LogP contribution in [0.5, 0.6) is 0 Å². The van der Waals surface area contributed by atoms with Crippen LogP contribution in [-0.4, -0.2) is 54.3 Å². The number of rotatable bonds is 15. The lowest BCUT2D eigenvalue weighted by molar-refractivity contribution is -0.130. The average molecular weight is 475 g/mol. The number of unbranched alkanes of at least 4 members (excludes halogenated alkanes) is 7. The minimum Gasteiger partial charge on any atom is -0.347 e. The van der Waals surface area contributed by atoms with E-state index in [4.69, 9.17) is 11.6 Å². The lowest BCUT2D eigenvalue weighted by Crippen LogP contribution is -2.38. The normalized spacial score (nSPS) is 8.78. The van der Waals surface area contributed by atoms with Gasteiger partial charge in [-0.2, -0.15) is 0 Å². The molecule has 0 fully saturated rings. The number of nitrogens with zero attached hydrogens (tertiary/aromatic N) is 2. The van der Waals surface area contributed by atoms with Crippen molar-refractivity contribution in [1.29, 1.82) is 0 Å². The van der Waals surface area contributed by atoms with E-state index in [1.807, 2.05) is 48.5 Å². The Labute approximate surface area is 204 Å². The van der Waals surface area contributed by atoms with Gasteiger partial charge in [0.25, 0.3) is 5.91 Å². The number of aldehydes is 2. The largest absolute Gasteiger partial charge is 0.347 e. The van der Waals surface area contributed by atoms with Crippen molar-refractivity contribution in [1.82, 2.24) is 9.80 Å². The summed E-state index contributed by atoms with van der Waals surface area (Å²) in [4.78, 5) is 37.2. The number of carbonyl (C=O) groups excluding carboxylic acids is 3. The molecular formula is C26H51ClN2O3. The van der Waals surface area contributed by atoms with Crippen molar-refractivity contribution in [3.05, 3.63) is 24.0 Å². The molecule has 0 saturated carbocycles. The summed E-state index contributed by atoms with van der Waals surface area (Å²) in [7, 11) is 1.79. The van der Waals surface area contributed by atoms with E-state index in [1.165, 1.54) is 0 Å². The Morgan fingerprint density at radius 1 is 0.875 bits per heavy atom. The quantitative estimate of drug-likeness (QED) is 0.111. The van der Waals surface area contributed by atoms with Gasteiger partial charge in [-0.05, 0) is 38.5 Å². The van der Waals surface area contributed by atoms with Crippen LogP contribution in [0.3, 0.4) is 0 Å². The first-order valence-corrected chi connectivity index (χ1v) is 12.7. The highest BCUT2D eigenvalue weighted by atomic mass is 35.5. The smallest absolute Gasteiger partial charge is 0.270 e. The van der Waals surface area contributed by atoms with Gasteiger partial charge in [0, 0.05) is 25.9 Å². The zero-order valence-electron chi connectivity index (χ0n) is 22.2. The van der Waals surface area contributed by atoms with Crippen LogP contribution in [0.15, 0.2) is 24.0 Å². The number of carbonyl (C=O) groups is 3. The third-order valence-corrected chi connectivity index (χ3v) is 4.13. The first-order chi connectivity index (χ1) is 15.4. The Morgan fingerprint density at radius 2 is 1.31 bits per heavy atom. The van der Waals surface area contributed by atoms with Crippen LogP contribution in [0.2, 0.25) is 0 Å². The fourth-order valence-electron chi connectivity index (χ4n) is 2.74. The molecule has 0 spiro atoms. The van der Waals surface area contributed by atoms with Crippen molar-refractivity contribution in [3.8, 4) is 0 Å². The summed E-state index contributed by atoms with van der Waals surface area (Å²) in [6.07, 6.45) is 11.4. The lowest BCUT2D eigenvalue weighted by atomic mass is 10.1. The molecule has 0 aliphatic carbocycles. The molecule has 1 amide bonds. The van der Waals surface area contributed by atoms with Gasteiger partial charge in [-0.1, -0.05) is 73.3 Å². The predicted molar refractivity (Wildman–Crippen MR) is 141 cm³/mol. The predicted octanol–water partition coefficient (Wildman–Crippen LogP) is 7.00. The fraction of sp³-hybridized carbons (Fsp3) is 0.731. The molecule has 0 aliphatic rings. The number of halogens is 1. The van der Waals surface area contributed by atoms with Gasteiger partial charge in [-0.15, -0.1) is 11.6 Å². The second kappa shape index (κ2) is 31.6. The molecule has 0 aliphatic heterocycles. The SMILES string of the molecule is C=CN(C)C(C(=O)N(CC=O)CCCCCCCCCC=O)=C(C)C.CC.CC.CCCl. The lowest BCUT2D eigenvalue weighted by Gasteiger charge is -2.26. The van der Waals surface area contributed by atoms with Gasteiger partial charge in [0.2, 0.25) is 0 Å². The van der Waals surface area contributed by atoms with E-state index in [0.29, 0.717) is 18.7 Å². The van der Waals surface area contributed by atoms with Crippen LogP contribution in [0.1, 0.15) is 99.8 Å². The average Bonchev–Trinajstić information content (AvgIpc) is 2.80. The number of hydrogen-bond donors (Lipinski definition) is 0. The molecule has 0 heterocycles. The minimum absolute atomic E-state index is 0.117. The van der Waals surface area contributed by atoms with Crippen LogP contribution in [-0.2, 0) is 14.4 Å². The number of amides is 1. The molecule has 0 aromatic rings. The van der Waals surface area contributed by atoms with Gasteiger partial charge in [0.15, 0.2) is 0 Å². The van der Waals surface area contributed by atoms with Crippen LogP contribution >= 0.6 is 11.6 Å². The van der Waals surface area contributed by atoms with E-state index < -0.39 is 0 Å². The summed E-state index contributed by atoms with van der Waals surface area (Å²) >= 11 is 5.00. The maximum Gasteiger partial charge on any atom is 0.270 e. The molecule has 190 valence electrons. The van der Waals surface area contributed by atoms with Gasteiger partial charge in [-0.3, -0.25) is 4.79 Å². The summed E-state index contributed by atoms with van der Waals surface area (Å²) in [6.45, 7) is 18.1. The maximum absolute atomic E-state index is 12.7. The molecule has 0 rings (SSSR count). The Bertz CT molecular complexity index is 476. The minimum atomic E-state index is -0.122. The van der Waals surface area contributed by atoms with E-state index in [-0.39, 0.29) is 12.5 Å². The van der Waals surface area contributed by atoms with Crippen molar-refractivity contribution in [3.63, 3.8) is 0 Å². The highest BCUT2D eigenvalue weighted by Gasteiger charge is 2.20.